The second-order valence-electron chi connectivity index (χ2n) is 7.71. The number of furan rings is 1. The number of likely N-dealkylation sites (tertiary alicyclic amines) is 2. The summed E-state index contributed by atoms with van der Waals surface area (Å²) in [5.41, 5.74) is -0.341. The van der Waals surface area contributed by atoms with Crippen molar-refractivity contribution < 1.29 is 14.0 Å². The van der Waals surface area contributed by atoms with E-state index >= 15 is 0 Å². The summed E-state index contributed by atoms with van der Waals surface area (Å²) in [5, 5.41) is 0. The predicted octanol–water partition coefficient (Wildman–Crippen LogP) is 1.60. The van der Waals surface area contributed by atoms with Gasteiger partial charge in [0.2, 0.25) is 11.8 Å². The van der Waals surface area contributed by atoms with Crippen LogP contribution >= 0.6 is 0 Å². The fourth-order valence-electron chi connectivity index (χ4n) is 4.14. The van der Waals surface area contributed by atoms with E-state index in [0.717, 1.165) is 44.0 Å². The van der Waals surface area contributed by atoms with Crippen molar-refractivity contribution >= 4 is 11.8 Å². The standard InChI is InChI=1S/C19H29N3O3/c1-5-15-6-7-16(25-15)11-21-10-14(2)19(13-21)8-9-22(18(19)24)12-17(23)20(3)4/h6-7,14H,5,8-13H2,1-4H3/t14-,19+/m1/s1. The molecule has 2 amide bonds. The van der Waals surface area contributed by atoms with Crippen molar-refractivity contribution in [2.24, 2.45) is 11.3 Å². The molecule has 6 nitrogen and oxygen atoms in total. The summed E-state index contributed by atoms with van der Waals surface area (Å²) in [6.45, 7) is 7.50. The summed E-state index contributed by atoms with van der Waals surface area (Å²) >= 11 is 0. The molecule has 1 spiro atoms. The van der Waals surface area contributed by atoms with Gasteiger partial charge in [0.05, 0.1) is 18.5 Å². The van der Waals surface area contributed by atoms with Crippen LogP contribution in [0.15, 0.2) is 16.5 Å². The Hall–Kier alpha value is -1.82. The number of rotatable bonds is 5. The molecule has 3 heterocycles. The summed E-state index contributed by atoms with van der Waals surface area (Å²) in [6.07, 6.45) is 1.73. The van der Waals surface area contributed by atoms with Gasteiger partial charge >= 0.3 is 0 Å². The third kappa shape index (κ3) is 3.32. The van der Waals surface area contributed by atoms with Crippen LogP contribution in [0.3, 0.4) is 0 Å². The molecule has 25 heavy (non-hydrogen) atoms. The largest absolute Gasteiger partial charge is 0.465 e. The highest BCUT2D eigenvalue weighted by Gasteiger charge is 2.55. The van der Waals surface area contributed by atoms with E-state index < -0.39 is 0 Å². The van der Waals surface area contributed by atoms with E-state index in [1.807, 2.05) is 12.1 Å². The van der Waals surface area contributed by atoms with Crippen molar-refractivity contribution in [3.63, 3.8) is 0 Å². The number of amides is 2. The first-order valence-corrected chi connectivity index (χ1v) is 9.15. The molecule has 0 bridgehead atoms. The molecule has 0 N–H and O–H groups in total. The Balaban J connectivity index is 1.66. The lowest BCUT2D eigenvalue weighted by Gasteiger charge is -2.27. The van der Waals surface area contributed by atoms with E-state index in [0.29, 0.717) is 12.5 Å². The van der Waals surface area contributed by atoms with E-state index in [1.54, 1.807) is 23.9 Å². The predicted molar refractivity (Wildman–Crippen MR) is 94.9 cm³/mol. The van der Waals surface area contributed by atoms with Crippen LogP contribution in [0.25, 0.3) is 0 Å². The zero-order valence-electron chi connectivity index (χ0n) is 15.7. The van der Waals surface area contributed by atoms with E-state index in [4.69, 9.17) is 4.42 Å². The number of likely N-dealkylation sites (N-methyl/N-ethyl adjacent to an activating group) is 1. The molecule has 2 atom stereocenters. The Bertz CT molecular complexity index is 654. The molecule has 0 unspecified atom stereocenters. The maximum atomic E-state index is 13.1. The molecular weight excluding hydrogens is 318 g/mol. The van der Waals surface area contributed by atoms with Crippen LogP contribution in [0.1, 0.15) is 31.8 Å². The number of hydrogen-bond donors (Lipinski definition) is 0. The molecule has 6 heteroatoms. The first-order chi connectivity index (χ1) is 11.9. The fourth-order valence-corrected chi connectivity index (χ4v) is 4.14. The van der Waals surface area contributed by atoms with Gasteiger partial charge in [-0.2, -0.15) is 0 Å². The zero-order valence-corrected chi connectivity index (χ0v) is 15.7. The van der Waals surface area contributed by atoms with Gasteiger partial charge in [-0.15, -0.1) is 0 Å². The first kappa shape index (κ1) is 18.0. The number of hydrogen-bond acceptors (Lipinski definition) is 4. The second kappa shape index (κ2) is 6.83. The third-order valence-electron chi connectivity index (χ3n) is 5.79. The SMILES string of the molecule is CCc1ccc(CN2C[C@@H](C)[C@]3(CCN(CC(=O)N(C)C)C3=O)C2)o1. The summed E-state index contributed by atoms with van der Waals surface area (Å²) in [6, 6.07) is 4.06. The summed E-state index contributed by atoms with van der Waals surface area (Å²) in [5.74, 6) is 2.38. The van der Waals surface area contributed by atoms with Gasteiger partial charge in [0.25, 0.3) is 0 Å². The van der Waals surface area contributed by atoms with Crippen LogP contribution in [-0.2, 0) is 22.6 Å². The number of carbonyl (C=O) groups excluding carboxylic acids is 2. The van der Waals surface area contributed by atoms with E-state index in [2.05, 4.69) is 18.7 Å². The Morgan fingerprint density at radius 1 is 1.36 bits per heavy atom. The van der Waals surface area contributed by atoms with Crippen LogP contribution in [-0.4, -0.2) is 66.8 Å². The zero-order chi connectivity index (χ0) is 18.2. The van der Waals surface area contributed by atoms with Gasteiger partial charge in [-0.3, -0.25) is 14.5 Å². The molecular formula is C19H29N3O3. The lowest BCUT2D eigenvalue weighted by Crippen LogP contribution is -2.43. The van der Waals surface area contributed by atoms with Gasteiger partial charge in [0, 0.05) is 40.2 Å². The van der Waals surface area contributed by atoms with E-state index in [9.17, 15) is 9.59 Å². The minimum Gasteiger partial charge on any atom is -0.465 e. The lowest BCUT2D eigenvalue weighted by molar-refractivity contribution is -0.142. The highest BCUT2D eigenvalue weighted by atomic mass is 16.3. The molecule has 0 aliphatic carbocycles. The minimum atomic E-state index is -0.341. The summed E-state index contributed by atoms with van der Waals surface area (Å²) in [7, 11) is 3.46. The van der Waals surface area contributed by atoms with Gasteiger partial charge in [-0.25, -0.2) is 0 Å². The van der Waals surface area contributed by atoms with Crippen LogP contribution < -0.4 is 0 Å². The number of nitrogens with zero attached hydrogens (tertiary/aromatic N) is 3. The molecule has 0 saturated carbocycles. The maximum Gasteiger partial charge on any atom is 0.241 e. The molecule has 2 aliphatic heterocycles. The highest BCUT2D eigenvalue weighted by molar-refractivity contribution is 5.90. The van der Waals surface area contributed by atoms with Crippen LogP contribution in [0.4, 0.5) is 0 Å². The molecule has 0 aromatic carbocycles. The van der Waals surface area contributed by atoms with E-state index in [1.165, 1.54) is 0 Å². The average molecular weight is 347 g/mol. The number of carbonyl (C=O) groups is 2. The molecule has 1 aromatic heterocycles. The normalized spacial score (nSPS) is 26.8. The molecule has 1 aromatic rings. The Morgan fingerprint density at radius 3 is 2.72 bits per heavy atom. The Kier molecular flexibility index (Phi) is 4.91. The third-order valence-corrected chi connectivity index (χ3v) is 5.79. The van der Waals surface area contributed by atoms with Crippen molar-refractivity contribution in [1.29, 1.82) is 0 Å². The van der Waals surface area contributed by atoms with Crippen molar-refractivity contribution in [1.82, 2.24) is 14.7 Å². The van der Waals surface area contributed by atoms with Crippen LogP contribution in [0.2, 0.25) is 0 Å². The van der Waals surface area contributed by atoms with Gasteiger partial charge < -0.3 is 14.2 Å². The molecule has 138 valence electrons. The van der Waals surface area contributed by atoms with Crippen molar-refractivity contribution in [3.8, 4) is 0 Å². The number of aryl methyl sites for hydroxylation is 1. The van der Waals surface area contributed by atoms with E-state index in [-0.39, 0.29) is 23.8 Å². The monoisotopic (exact) mass is 347 g/mol. The van der Waals surface area contributed by atoms with Crippen LogP contribution in [0, 0.1) is 11.3 Å². The molecule has 2 saturated heterocycles. The lowest BCUT2D eigenvalue weighted by atomic mass is 9.78. The Morgan fingerprint density at radius 2 is 2.08 bits per heavy atom. The van der Waals surface area contributed by atoms with Crippen molar-refractivity contribution in [2.75, 3.05) is 40.3 Å². The molecule has 2 aliphatic rings. The van der Waals surface area contributed by atoms with Gasteiger partial charge in [0.1, 0.15) is 11.5 Å². The summed E-state index contributed by atoms with van der Waals surface area (Å²) < 4.78 is 5.82. The smallest absolute Gasteiger partial charge is 0.241 e. The summed E-state index contributed by atoms with van der Waals surface area (Å²) in [4.78, 5) is 30.6. The van der Waals surface area contributed by atoms with Crippen molar-refractivity contribution in [3.05, 3.63) is 23.7 Å². The quantitative estimate of drug-likeness (QED) is 0.812. The average Bonchev–Trinajstić information content (AvgIpc) is 3.23. The topological polar surface area (TPSA) is 57.0 Å². The minimum absolute atomic E-state index is 0.0180. The first-order valence-electron chi connectivity index (χ1n) is 9.15. The van der Waals surface area contributed by atoms with Gasteiger partial charge in [0.15, 0.2) is 0 Å². The molecule has 0 radical (unpaired) electrons. The second-order valence-corrected chi connectivity index (χ2v) is 7.71. The molecule has 3 rings (SSSR count). The van der Waals surface area contributed by atoms with Gasteiger partial charge in [-0.1, -0.05) is 13.8 Å². The highest BCUT2D eigenvalue weighted by Crippen LogP contribution is 2.45. The fraction of sp³-hybridized carbons (Fsp3) is 0.684. The Labute approximate surface area is 149 Å². The van der Waals surface area contributed by atoms with Crippen molar-refractivity contribution in [2.45, 2.75) is 33.2 Å². The maximum absolute atomic E-state index is 13.1. The van der Waals surface area contributed by atoms with Gasteiger partial charge in [-0.05, 0) is 24.5 Å². The van der Waals surface area contributed by atoms with Crippen LogP contribution in [0.5, 0.6) is 0 Å². The molecule has 2 fully saturated rings.